The number of aromatic hydroxyl groups is 1. The summed E-state index contributed by atoms with van der Waals surface area (Å²) in [6.45, 7) is 0.223. The Morgan fingerprint density at radius 3 is 2.54 bits per heavy atom. The quantitative estimate of drug-likeness (QED) is 0.194. The highest BCUT2D eigenvalue weighted by atomic mass is 79.9. The Morgan fingerprint density at radius 1 is 0.976 bits per heavy atom. The van der Waals surface area contributed by atoms with Crippen molar-refractivity contribution in [2.45, 2.75) is 44.4 Å². The lowest BCUT2D eigenvalue weighted by Crippen LogP contribution is -2.39. The van der Waals surface area contributed by atoms with Crippen LogP contribution in [0.4, 0.5) is 0 Å². The number of imide groups is 1. The number of hydrogen-bond donors (Lipinski definition) is 2. The standard InChI is InChI=1S/C32H28BrNO7/c33-23-15-24(35)28-22(30(23)39)14-21-18(26(28)19-10-9-16-6-3-4-7-17(16)29(19)38)11-12-20-27(21)32(41)34(31(20)40)13-5-1-2-8-25(36)37/h3-4,6-7,9-11,15,20-21,26-27,38H,1-2,5,8,12-14H2,(H,36,37). The predicted octanol–water partition coefficient (Wildman–Crippen LogP) is 4.95. The Bertz CT molecular complexity index is 1630. The molecule has 0 aromatic heterocycles. The SMILES string of the molecule is O=C(O)CCCCCN1C(=O)C2CC=C3C(c4ccc5ccccc5c4O)C4=C(CC3C2C1=O)C(=O)C(Br)=CC4=O. The number of benzene rings is 2. The van der Waals surface area contributed by atoms with Gasteiger partial charge in [0.25, 0.3) is 0 Å². The first-order valence-electron chi connectivity index (χ1n) is 13.9. The molecule has 1 heterocycles. The van der Waals surface area contributed by atoms with Crippen molar-refractivity contribution in [1.82, 2.24) is 4.90 Å². The van der Waals surface area contributed by atoms with Gasteiger partial charge >= 0.3 is 5.97 Å². The summed E-state index contributed by atoms with van der Waals surface area (Å²) in [5.74, 6) is -4.46. The van der Waals surface area contributed by atoms with Crippen LogP contribution in [0.5, 0.6) is 5.75 Å². The zero-order valence-corrected chi connectivity index (χ0v) is 23.7. The largest absolute Gasteiger partial charge is 0.507 e. The second kappa shape index (κ2) is 10.5. The first-order valence-corrected chi connectivity index (χ1v) is 14.6. The van der Waals surface area contributed by atoms with E-state index in [0.717, 1.165) is 11.0 Å². The van der Waals surface area contributed by atoms with Crippen LogP contribution in [-0.4, -0.2) is 51.0 Å². The van der Waals surface area contributed by atoms with Crippen molar-refractivity contribution >= 4 is 56.1 Å². The maximum Gasteiger partial charge on any atom is 0.303 e. The van der Waals surface area contributed by atoms with Crippen molar-refractivity contribution in [1.29, 1.82) is 0 Å². The average Bonchev–Trinajstić information content (AvgIpc) is 3.20. The number of halogens is 1. The number of likely N-dealkylation sites (tertiary alicyclic amines) is 1. The molecule has 8 nitrogen and oxygen atoms in total. The van der Waals surface area contributed by atoms with E-state index < -0.39 is 29.6 Å². The maximum atomic E-state index is 13.8. The number of fused-ring (bicyclic) bond motifs is 4. The van der Waals surface area contributed by atoms with Crippen LogP contribution >= 0.6 is 15.9 Å². The molecule has 0 saturated carbocycles. The van der Waals surface area contributed by atoms with Gasteiger partial charge < -0.3 is 10.2 Å². The van der Waals surface area contributed by atoms with E-state index in [1.807, 2.05) is 30.3 Å². The van der Waals surface area contributed by atoms with E-state index in [1.54, 1.807) is 12.1 Å². The monoisotopic (exact) mass is 617 g/mol. The molecule has 1 saturated heterocycles. The first-order chi connectivity index (χ1) is 19.7. The lowest BCUT2D eigenvalue weighted by Gasteiger charge is -2.42. The predicted molar refractivity (Wildman–Crippen MR) is 153 cm³/mol. The third-order valence-corrected chi connectivity index (χ3v) is 9.53. The molecule has 1 fully saturated rings. The summed E-state index contributed by atoms with van der Waals surface area (Å²) in [6, 6.07) is 11.0. The number of nitrogens with zero attached hydrogens (tertiary/aromatic N) is 1. The van der Waals surface area contributed by atoms with E-state index in [9.17, 15) is 29.1 Å². The van der Waals surface area contributed by atoms with E-state index in [0.29, 0.717) is 47.8 Å². The van der Waals surface area contributed by atoms with Crippen LogP contribution in [0.25, 0.3) is 10.8 Å². The number of carbonyl (C=O) groups is 5. The molecule has 1 aliphatic heterocycles. The van der Waals surface area contributed by atoms with Crippen molar-refractivity contribution in [3.63, 3.8) is 0 Å². The molecular weight excluding hydrogens is 590 g/mol. The highest BCUT2D eigenvalue weighted by Gasteiger charge is 2.56. The number of rotatable bonds is 7. The van der Waals surface area contributed by atoms with Gasteiger partial charge in [-0.3, -0.25) is 28.9 Å². The van der Waals surface area contributed by atoms with E-state index >= 15 is 0 Å². The summed E-state index contributed by atoms with van der Waals surface area (Å²) in [5, 5.41) is 21.8. The van der Waals surface area contributed by atoms with Crippen LogP contribution < -0.4 is 0 Å². The third-order valence-electron chi connectivity index (χ3n) is 8.94. The highest BCUT2D eigenvalue weighted by molar-refractivity contribution is 9.12. The number of Topliss-reactive ketones (excluding diaryl/α,β-unsaturated/α-hetero) is 1. The minimum atomic E-state index is -0.877. The normalized spacial score (nSPS) is 25.6. The van der Waals surface area contributed by atoms with Gasteiger partial charge in [0.1, 0.15) is 5.75 Å². The third kappa shape index (κ3) is 4.47. The molecule has 4 atom stereocenters. The Kier molecular flexibility index (Phi) is 7.01. The highest BCUT2D eigenvalue weighted by Crippen LogP contribution is 2.56. The molecule has 0 bridgehead atoms. The number of phenolic OH excluding ortho intramolecular Hbond substituents is 1. The molecule has 2 amide bonds. The Hall–Kier alpha value is -3.85. The van der Waals surface area contributed by atoms with E-state index in [-0.39, 0.29) is 53.0 Å². The number of unbranched alkanes of at least 4 members (excludes halogenated alkanes) is 2. The van der Waals surface area contributed by atoms with Gasteiger partial charge in [-0.2, -0.15) is 0 Å². The Balaban J connectivity index is 1.39. The fourth-order valence-electron chi connectivity index (χ4n) is 7.08. The van der Waals surface area contributed by atoms with Gasteiger partial charge in [-0.25, -0.2) is 0 Å². The van der Waals surface area contributed by atoms with Gasteiger partial charge in [0.2, 0.25) is 11.8 Å². The summed E-state index contributed by atoms with van der Waals surface area (Å²) < 4.78 is 0.152. The average molecular weight is 618 g/mol. The topological polar surface area (TPSA) is 129 Å². The molecule has 210 valence electrons. The first kappa shape index (κ1) is 27.3. The minimum Gasteiger partial charge on any atom is -0.507 e. The van der Waals surface area contributed by atoms with Crippen LogP contribution in [0.1, 0.15) is 50.0 Å². The minimum absolute atomic E-state index is 0.0225. The second-order valence-corrected chi connectivity index (χ2v) is 12.0. The lowest BCUT2D eigenvalue weighted by molar-refractivity contribution is -0.141. The molecule has 2 aromatic carbocycles. The van der Waals surface area contributed by atoms with Crippen molar-refractivity contribution < 1.29 is 34.2 Å². The lowest BCUT2D eigenvalue weighted by atomic mass is 9.59. The van der Waals surface area contributed by atoms with Crippen molar-refractivity contribution in [2.75, 3.05) is 6.54 Å². The number of amides is 2. The van der Waals surface area contributed by atoms with Crippen molar-refractivity contribution in [2.24, 2.45) is 17.8 Å². The van der Waals surface area contributed by atoms with Crippen LogP contribution in [0.2, 0.25) is 0 Å². The number of carbonyl (C=O) groups excluding carboxylic acids is 4. The van der Waals surface area contributed by atoms with Gasteiger partial charge in [0.15, 0.2) is 11.6 Å². The summed E-state index contributed by atoms with van der Waals surface area (Å²) in [6.07, 6.45) is 5.30. The number of allylic oxidation sites excluding steroid dienone is 6. The van der Waals surface area contributed by atoms with Crippen LogP contribution in [0.3, 0.4) is 0 Å². The molecule has 3 aliphatic carbocycles. The molecule has 2 aromatic rings. The molecule has 41 heavy (non-hydrogen) atoms. The van der Waals surface area contributed by atoms with Crippen molar-refractivity contribution in [3.8, 4) is 5.75 Å². The van der Waals surface area contributed by atoms with Gasteiger partial charge in [0.05, 0.1) is 16.3 Å². The van der Waals surface area contributed by atoms with Gasteiger partial charge in [-0.1, -0.05) is 54.5 Å². The Morgan fingerprint density at radius 2 is 1.76 bits per heavy atom. The molecule has 2 N–H and O–H groups in total. The molecule has 0 radical (unpaired) electrons. The van der Waals surface area contributed by atoms with Crippen LogP contribution in [-0.2, 0) is 24.0 Å². The zero-order chi connectivity index (χ0) is 29.0. The van der Waals surface area contributed by atoms with Gasteiger partial charge in [-0.05, 0) is 52.9 Å². The summed E-state index contributed by atoms with van der Waals surface area (Å²) >= 11 is 3.23. The summed E-state index contributed by atoms with van der Waals surface area (Å²) in [4.78, 5) is 66.1. The summed E-state index contributed by atoms with van der Waals surface area (Å²) in [5.41, 5.74) is 1.91. The fraction of sp³-hybridized carbons (Fsp3) is 0.344. The number of phenols is 1. The number of carboxylic acids is 1. The van der Waals surface area contributed by atoms with Gasteiger partial charge in [0, 0.05) is 47.1 Å². The van der Waals surface area contributed by atoms with Gasteiger partial charge in [-0.15, -0.1) is 0 Å². The fourth-order valence-corrected chi connectivity index (χ4v) is 7.52. The summed E-state index contributed by atoms with van der Waals surface area (Å²) in [7, 11) is 0. The molecule has 9 heteroatoms. The number of aliphatic carboxylic acids is 1. The van der Waals surface area contributed by atoms with Crippen molar-refractivity contribution in [3.05, 3.63) is 75.3 Å². The molecule has 0 spiro atoms. The number of hydrogen-bond acceptors (Lipinski definition) is 6. The Labute approximate surface area is 244 Å². The van der Waals surface area contributed by atoms with E-state index in [4.69, 9.17) is 5.11 Å². The molecule has 4 unspecified atom stereocenters. The second-order valence-electron chi connectivity index (χ2n) is 11.2. The molecule has 6 rings (SSSR count). The van der Waals surface area contributed by atoms with E-state index in [2.05, 4.69) is 15.9 Å². The zero-order valence-electron chi connectivity index (χ0n) is 22.1. The van der Waals surface area contributed by atoms with Crippen LogP contribution in [0, 0.1) is 17.8 Å². The molecule has 4 aliphatic rings. The smallest absolute Gasteiger partial charge is 0.303 e. The number of ketones is 2. The number of carboxylic acid groups (broad SMARTS) is 1. The van der Waals surface area contributed by atoms with Crippen LogP contribution in [0.15, 0.2) is 69.8 Å². The molecular formula is C32H28BrNO7. The van der Waals surface area contributed by atoms with E-state index in [1.165, 1.54) is 11.0 Å². The maximum absolute atomic E-state index is 13.8.